The van der Waals surface area contributed by atoms with Crippen molar-refractivity contribution in [2.45, 2.75) is 42.7 Å². The van der Waals surface area contributed by atoms with Crippen molar-refractivity contribution in [3.8, 4) is 0 Å². The van der Waals surface area contributed by atoms with Crippen molar-refractivity contribution in [2.75, 3.05) is 24.3 Å². The number of thiazole rings is 1. The number of Topliss-reactive ketones (excluding diaryl/α,β-unsaturated/α-hetero) is 1. The van der Waals surface area contributed by atoms with Gasteiger partial charge < -0.3 is 19.2 Å². The number of carbonyl (C=O) groups is 2. The van der Waals surface area contributed by atoms with E-state index in [1.165, 1.54) is 6.26 Å². The number of anilines is 1. The van der Waals surface area contributed by atoms with E-state index in [9.17, 15) is 9.59 Å². The van der Waals surface area contributed by atoms with Crippen LogP contribution in [0.5, 0.6) is 0 Å². The number of fused-ring (bicyclic) bond motifs is 2. The zero-order valence-corrected chi connectivity index (χ0v) is 18.5. The van der Waals surface area contributed by atoms with Gasteiger partial charge in [-0.25, -0.2) is 4.98 Å². The maximum atomic E-state index is 12.8. The highest BCUT2D eigenvalue weighted by Gasteiger charge is 2.27. The molecule has 2 aliphatic rings. The molecule has 2 aromatic heterocycles. The van der Waals surface area contributed by atoms with Gasteiger partial charge in [0.2, 0.25) is 0 Å². The SMILES string of the molecule is O=C(Nc1ccc2nc(SCCC3OCCCO3)sc2c1)c1coc2c1C(=O)CCC2. The number of amides is 1. The lowest BCUT2D eigenvalue weighted by Gasteiger charge is -2.22. The van der Waals surface area contributed by atoms with Crippen molar-refractivity contribution in [1.29, 1.82) is 0 Å². The van der Waals surface area contributed by atoms with Gasteiger partial charge in [0, 0.05) is 30.7 Å². The number of hydrogen-bond donors (Lipinski definition) is 1. The molecule has 0 spiro atoms. The third-order valence-electron chi connectivity index (χ3n) is 5.30. The molecule has 3 aromatic rings. The van der Waals surface area contributed by atoms with Crippen LogP contribution in [0.3, 0.4) is 0 Å². The second-order valence-electron chi connectivity index (χ2n) is 7.50. The van der Waals surface area contributed by atoms with E-state index in [1.807, 2.05) is 18.2 Å². The Labute approximate surface area is 187 Å². The van der Waals surface area contributed by atoms with Gasteiger partial charge in [-0.15, -0.1) is 11.3 Å². The largest absolute Gasteiger partial charge is 0.468 e. The topological polar surface area (TPSA) is 90.7 Å². The monoisotopic (exact) mass is 458 g/mol. The van der Waals surface area contributed by atoms with Crippen LogP contribution < -0.4 is 5.32 Å². The number of aryl methyl sites for hydroxylation is 1. The highest BCUT2D eigenvalue weighted by Crippen LogP contribution is 2.33. The van der Waals surface area contributed by atoms with Crippen LogP contribution in [-0.2, 0) is 15.9 Å². The summed E-state index contributed by atoms with van der Waals surface area (Å²) in [5.74, 6) is 1.13. The Balaban J connectivity index is 1.24. The highest BCUT2D eigenvalue weighted by atomic mass is 32.2. The number of furan rings is 1. The van der Waals surface area contributed by atoms with E-state index in [2.05, 4.69) is 10.3 Å². The molecule has 1 fully saturated rings. The first-order chi connectivity index (χ1) is 15.2. The summed E-state index contributed by atoms with van der Waals surface area (Å²) in [6.07, 6.45) is 4.99. The molecule has 0 unspecified atom stereocenters. The first-order valence-corrected chi connectivity index (χ1v) is 12.2. The maximum absolute atomic E-state index is 12.8. The van der Waals surface area contributed by atoms with Crippen molar-refractivity contribution in [3.63, 3.8) is 0 Å². The minimum Gasteiger partial charge on any atom is -0.468 e. The molecule has 1 aliphatic carbocycles. The van der Waals surface area contributed by atoms with Crippen molar-refractivity contribution in [1.82, 2.24) is 4.98 Å². The number of nitrogens with one attached hydrogen (secondary N) is 1. The van der Waals surface area contributed by atoms with E-state index in [0.29, 0.717) is 35.4 Å². The molecule has 0 bridgehead atoms. The van der Waals surface area contributed by atoms with Gasteiger partial charge in [0.25, 0.3) is 5.91 Å². The molecule has 1 aromatic carbocycles. The molecular weight excluding hydrogens is 436 g/mol. The second-order valence-corrected chi connectivity index (χ2v) is 9.88. The summed E-state index contributed by atoms with van der Waals surface area (Å²) in [7, 11) is 0. The smallest absolute Gasteiger partial charge is 0.259 e. The molecule has 0 radical (unpaired) electrons. The lowest BCUT2D eigenvalue weighted by molar-refractivity contribution is -0.178. The average molecular weight is 459 g/mol. The van der Waals surface area contributed by atoms with Crippen molar-refractivity contribution >= 4 is 50.7 Å². The molecule has 1 amide bonds. The van der Waals surface area contributed by atoms with Gasteiger partial charge >= 0.3 is 0 Å². The quantitative estimate of drug-likeness (QED) is 0.525. The third kappa shape index (κ3) is 4.55. The van der Waals surface area contributed by atoms with E-state index in [1.54, 1.807) is 23.1 Å². The number of hydrogen-bond acceptors (Lipinski definition) is 8. The van der Waals surface area contributed by atoms with Crippen LogP contribution in [0.15, 0.2) is 33.2 Å². The van der Waals surface area contributed by atoms with Gasteiger partial charge in [-0.2, -0.15) is 0 Å². The molecule has 31 heavy (non-hydrogen) atoms. The van der Waals surface area contributed by atoms with Gasteiger partial charge in [-0.05, 0) is 31.0 Å². The minimum absolute atomic E-state index is 0.0243. The highest BCUT2D eigenvalue weighted by molar-refractivity contribution is 8.01. The molecule has 0 saturated carbocycles. The number of benzene rings is 1. The molecule has 1 saturated heterocycles. The lowest BCUT2D eigenvalue weighted by Crippen LogP contribution is -2.25. The molecule has 1 aliphatic heterocycles. The molecule has 1 N–H and O–H groups in total. The van der Waals surface area contributed by atoms with Crippen LogP contribution in [0.1, 0.15) is 52.2 Å². The Bertz CT molecular complexity index is 1120. The van der Waals surface area contributed by atoms with Crippen LogP contribution >= 0.6 is 23.1 Å². The Kier molecular flexibility index (Phi) is 6.08. The Morgan fingerprint density at radius 3 is 2.97 bits per heavy atom. The summed E-state index contributed by atoms with van der Waals surface area (Å²) in [5.41, 5.74) is 2.31. The van der Waals surface area contributed by atoms with Crippen LogP contribution in [0.25, 0.3) is 10.2 Å². The third-order valence-corrected chi connectivity index (χ3v) is 7.49. The normalized spacial score (nSPS) is 17.1. The zero-order chi connectivity index (χ0) is 21.2. The number of ether oxygens (including phenoxy) is 2. The number of thioether (sulfide) groups is 1. The first kappa shape index (κ1) is 20.7. The maximum Gasteiger partial charge on any atom is 0.259 e. The summed E-state index contributed by atoms with van der Waals surface area (Å²) in [6.45, 7) is 1.53. The second kappa shape index (κ2) is 9.12. The molecule has 0 atom stereocenters. The van der Waals surface area contributed by atoms with E-state index < -0.39 is 0 Å². The summed E-state index contributed by atoms with van der Waals surface area (Å²) >= 11 is 3.28. The summed E-state index contributed by atoms with van der Waals surface area (Å²) in [6, 6.07) is 5.64. The van der Waals surface area contributed by atoms with Crippen molar-refractivity contribution in [3.05, 3.63) is 41.3 Å². The van der Waals surface area contributed by atoms with Crippen molar-refractivity contribution < 1.29 is 23.5 Å². The van der Waals surface area contributed by atoms with Crippen LogP contribution in [0, 0.1) is 0 Å². The number of rotatable bonds is 6. The van der Waals surface area contributed by atoms with Crippen LogP contribution in [0.4, 0.5) is 5.69 Å². The fourth-order valence-electron chi connectivity index (χ4n) is 3.78. The van der Waals surface area contributed by atoms with Crippen LogP contribution in [-0.4, -0.2) is 41.9 Å². The van der Waals surface area contributed by atoms with Crippen molar-refractivity contribution in [2.24, 2.45) is 0 Å². The molecule has 5 rings (SSSR count). The van der Waals surface area contributed by atoms with Gasteiger partial charge in [0.1, 0.15) is 12.0 Å². The number of carbonyl (C=O) groups excluding carboxylic acids is 2. The molecule has 162 valence electrons. The Morgan fingerprint density at radius 2 is 2.10 bits per heavy atom. The van der Waals surface area contributed by atoms with E-state index in [-0.39, 0.29) is 18.0 Å². The minimum atomic E-state index is -0.328. The Hall–Kier alpha value is -2.20. The first-order valence-electron chi connectivity index (χ1n) is 10.4. The van der Waals surface area contributed by atoms with E-state index in [0.717, 1.165) is 52.8 Å². The van der Waals surface area contributed by atoms with Gasteiger partial charge in [0.05, 0.1) is 34.6 Å². The predicted molar refractivity (Wildman–Crippen MR) is 119 cm³/mol. The molecule has 7 nitrogen and oxygen atoms in total. The summed E-state index contributed by atoms with van der Waals surface area (Å²) in [5, 5.41) is 2.89. The predicted octanol–water partition coefficient (Wildman–Crippen LogP) is 4.91. The Morgan fingerprint density at radius 1 is 1.23 bits per heavy atom. The zero-order valence-electron chi connectivity index (χ0n) is 16.8. The van der Waals surface area contributed by atoms with Gasteiger partial charge in [0.15, 0.2) is 16.4 Å². The lowest BCUT2D eigenvalue weighted by atomic mass is 9.94. The standard InChI is InChI=1S/C22H22N2O5S2/c25-16-3-1-4-17-20(16)14(12-29-17)21(26)23-13-5-6-15-18(11-13)31-22(24-15)30-10-7-19-27-8-2-9-28-19/h5-6,11-12,19H,1-4,7-10H2,(H,23,26). The number of ketones is 1. The summed E-state index contributed by atoms with van der Waals surface area (Å²) in [4.78, 5) is 29.6. The van der Waals surface area contributed by atoms with Gasteiger partial charge in [-0.3, -0.25) is 9.59 Å². The van der Waals surface area contributed by atoms with Crippen LogP contribution in [0.2, 0.25) is 0 Å². The molecular formula is C22H22N2O5S2. The number of aromatic nitrogens is 1. The molecule has 9 heteroatoms. The van der Waals surface area contributed by atoms with E-state index in [4.69, 9.17) is 13.9 Å². The summed E-state index contributed by atoms with van der Waals surface area (Å²) < 4.78 is 18.6. The van der Waals surface area contributed by atoms with E-state index >= 15 is 0 Å². The fourth-order valence-corrected chi connectivity index (χ4v) is 5.92. The average Bonchev–Trinajstić information content (AvgIpc) is 3.39. The fraction of sp³-hybridized carbons (Fsp3) is 0.409. The van der Waals surface area contributed by atoms with Gasteiger partial charge in [-0.1, -0.05) is 11.8 Å². The molecule has 3 heterocycles. The number of nitrogens with zero attached hydrogens (tertiary/aromatic N) is 1.